The summed E-state index contributed by atoms with van der Waals surface area (Å²) in [5.74, 6) is -0.225. The fourth-order valence-electron chi connectivity index (χ4n) is 3.24. The van der Waals surface area contributed by atoms with Crippen LogP contribution in [0, 0.1) is 0 Å². The summed E-state index contributed by atoms with van der Waals surface area (Å²) >= 11 is 0. The van der Waals surface area contributed by atoms with Gasteiger partial charge in [-0.1, -0.05) is 18.2 Å². The van der Waals surface area contributed by atoms with E-state index in [-0.39, 0.29) is 29.1 Å². The van der Waals surface area contributed by atoms with Crippen molar-refractivity contribution in [2.24, 2.45) is 0 Å². The Labute approximate surface area is 184 Å². The third kappa shape index (κ3) is 5.08. The SMILES string of the molecule is CC(C)N(C)S(=O)(=O)c1ccc(CNC(=O)c2cccc(N3CCCS3(=O)=O)c2)cc1. The summed E-state index contributed by atoms with van der Waals surface area (Å²) in [6.45, 7) is 4.23. The second-order valence-electron chi connectivity index (χ2n) is 7.73. The minimum absolute atomic E-state index is 0.113. The maximum absolute atomic E-state index is 12.6. The third-order valence-electron chi connectivity index (χ3n) is 5.28. The Morgan fingerprint density at radius 3 is 2.42 bits per heavy atom. The smallest absolute Gasteiger partial charge is 0.251 e. The first-order valence-electron chi connectivity index (χ1n) is 9.98. The molecule has 0 unspecified atom stereocenters. The van der Waals surface area contributed by atoms with E-state index in [1.807, 2.05) is 0 Å². The second kappa shape index (κ2) is 8.97. The molecule has 10 heteroatoms. The Bertz CT molecular complexity index is 1160. The van der Waals surface area contributed by atoms with Gasteiger partial charge >= 0.3 is 0 Å². The highest BCUT2D eigenvalue weighted by atomic mass is 32.2. The molecule has 168 valence electrons. The first kappa shape index (κ1) is 23.2. The molecule has 3 rings (SSSR count). The standard InChI is InChI=1S/C21H27N3O5S2/c1-16(2)23(3)31(28,29)20-10-8-17(9-11-20)15-22-21(25)18-6-4-7-19(14-18)24-12-5-13-30(24,26)27/h4,6-11,14,16H,5,12-13,15H2,1-3H3,(H,22,25). The van der Waals surface area contributed by atoms with Crippen LogP contribution in [0.25, 0.3) is 0 Å². The van der Waals surface area contributed by atoms with Gasteiger partial charge in [-0.15, -0.1) is 0 Å². The van der Waals surface area contributed by atoms with Crippen LogP contribution >= 0.6 is 0 Å². The molecule has 0 aromatic heterocycles. The minimum Gasteiger partial charge on any atom is -0.348 e. The molecule has 8 nitrogen and oxygen atoms in total. The molecule has 0 radical (unpaired) electrons. The second-order valence-corrected chi connectivity index (χ2v) is 11.7. The molecule has 1 aliphatic rings. The maximum Gasteiger partial charge on any atom is 0.251 e. The molecular formula is C21H27N3O5S2. The number of nitrogens with zero attached hydrogens (tertiary/aromatic N) is 2. The van der Waals surface area contributed by atoms with Crippen molar-refractivity contribution in [1.29, 1.82) is 0 Å². The Morgan fingerprint density at radius 1 is 1.16 bits per heavy atom. The molecule has 31 heavy (non-hydrogen) atoms. The summed E-state index contributed by atoms with van der Waals surface area (Å²) < 4.78 is 51.9. The highest BCUT2D eigenvalue weighted by molar-refractivity contribution is 7.93. The molecule has 0 saturated carbocycles. The van der Waals surface area contributed by atoms with Crippen LogP contribution in [0.15, 0.2) is 53.4 Å². The summed E-state index contributed by atoms with van der Waals surface area (Å²) in [5.41, 5.74) is 1.59. The van der Waals surface area contributed by atoms with Crippen LogP contribution in [0.2, 0.25) is 0 Å². The number of benzene rings is 2. The lowest BCUT2D eigenvalue weighted by molar-refractivity contribution is 0.0951. The third-order valence-corrected chi connectivity index (χ3v) is 9.19. The molecule has 1 saturated heterocycles. The van der Waals surface area contributed by atoms with Gasteiger partial charge in [0.25, 0.3) is 5.91 Å². The molecule has 0 aliphatic carbocycles. The lowest BCUT2D eigenvalue weighted by Gasteiger charge is -2.21. The lowest BCUT2D eigenvalue weighted by atomic mass is 10.1. The van der Waals surface area contributed by atoms with E-state index < -0.39 is 20.0 Å². The number of hydrogen-bond acceptors (Lipinski definition) is 5. The lowest BCUT2D eigenvalue weighted by Crippen LogP contribution is -2.33. The maximum atomic E-state index is 12.6. The van der Waals surface area contributed by atoms with Gasteiger partial charge in [0, 0.05) is 31.7 Å². The summed E-state index contributed by atoms with van der Waals surface area (Å²) in [5, 5.41) is 2.79. The molecule has 1 amide bonds. The molecule has 0 spiro atoms. The zero-order valence-corrected chi connectivity index (χ0v) is 19.4. The van der Waals surface area contributed by atoms with Gasteiger partial charge in [0.15, 0.2) is 0 Å². The number of anilines is 1. The van der Waals surface area contributed by atoms with E-state index in [2.05, 4.69) is 5.32 Å². The van der Waals surface area contributed by atoms with Crippen LogP contribution in [-0.4, -0.2) is 52.4 Å². The van der Waals surface area contributed by atoms with Crippen molar-refractivity contribution in [1.82, 2.24) is 9.62 Å². The van der Waals surface area contributed by atoms with Gasteiger partial charge in [0.2, 0.25) is 20.0 Å². The molecule has 0 atom stereocenters. The molecule has 1 fully saturated rings. The van der Waals surface area contributed by atoms with Crippen LogP contribution in [0.5, 0.6) is 0 Å². The number of nitrogens with one attached hydrogen (secondary N) is 1. The van der Waals surface area contributed by atoms with E-state index in [4.69, 9.17) is 0 Å². The molecule has 2 aromatic carbocycles. The van der Waals surface area contributed by atoms with Crippen LogP contribution in [-0.2, 0) is 26.6 Å². The summed E-state index contributed by atoms with van der Waals surface area (Å²) in [6.07, 6.45) is 0.567. The van der Waals surface area contributed by atoms with Crippen molar-refractivity contribution in [3.8, 4) is 0 Å². The highest BCUT2D eigenvalue weighted by Gasteiger charge is 2.28. The normalized spacial score (nSPS) is 16.1. The zero-order valence-electron chi connectivity index (χ0n) is 17.8. The largest absolute Gasteiger partial charge is 0.348 e. The predicted octanol–water partition coefficient (Wildman–Crippen LogP) is 2.19. The van der Waals surface area contributed by atoms with E-state index in [0.29, 0.717) is 24.2 Å². The van der Waals surface area contributed by atoms with Gasteiger partial charge in [-0.3, -0.25) is 9.10 Å². The number of amides is 1. The van der Waals surface area contributed by atoms with Crippen molar-refractivity contribution in [2.45, 2.75) is 37.8 Å². The highest BCUT2D eigenvalue weighted by Crippen LogP contribution is 2.25. The fourth-order valence-corrected chi connectivity index (χ4v) is 6.16. The number of carbonyl (C=O) groups is 1. The average molecular weight is 466 g/mol. The molecule has 0 bridgehead atoms. The van der Waals surface area contributed by atoms with Crippen molar-refractivity contribution in [3.05, 3.63) is 59.7 Å². The van der Waals surface area contributed by atoms with Gasteiger partial charge in [-0.05, 0) is 56.2 Å². The molecular weight excluding hydrogens is 438 g/mol. The summed E-state index contributed by atoms with van der Waals surface area (Å²) in [6, 6.07) is 12.7. The van der Waals surface area contributed by atoms with Gasteiger partial charge < -0.3 is 5.32 Å². The number of carbonyl (C=O) groups excluding carboxylic acids is 1. The van der Waals surface area contributed by atoms with Crippen molar-refractivity contribution < 1.29 is 21.6 Å². The van der Waals surface area contributed by atoms with E-state index in [0.717, 1.165) is 5.56 Å². The van der Waals surface area contributed by atoms with Gasteiger partial charge in [0.05, 0.1) is 16.3 Å². The first-order valence-corrected chi connectivity index (χ1v) is 13.0. The van der Waals surface area contributed by atoms with Crippen LogP contribution in [0.3, 0.4) is 0 Å². The van der Waals surface area contributed by atoms with Crippen LogP contribution in [0.4, 0.5) is 5.69 Å². The van der Waals surface area contributed by atoms with Crippen molar-refractivity contribution >= 4 is 31.6 Å². The van der Waals surface area contributed by atoms with Crippen molar-refractivity contribution in [2.75, 3.05) is 23.7 Å². The summed E-state index contributed by atoms with van der Waals surface area (Å²) in [7, 11) is -5.34. The van der Waals surface area contributed by atoms with Gasteiger partial charge in [0.1, 0.15) is 0 Å². The Hall–Kier alpha value is -2.43. The van der Waals surface area contributed by atoms with E-state index in [1.54, 1.807) is 50.2 Å². The fraction of sp³-hybridized carbons (Fsp3) is 0.381. The van der Waals surface area contributed by atoms with Gasteiger partial charge in [-0.2, -0.15) is 4.31 Å². The Balaban J connectivity index is 1.67. The van der Waals surface area contributed by atoms with E-state index >= 15 is 0 Å². The summed E-state index contributed by atoms with van der Waals surface area (Å²) in [4.78, 5) is 12.7. The topological polar surface area (TPSA) is 104 Å². The van der Waals surface area contributed by atoms with Crippen LogP contribution in [0.1, 0.15) is 36.2 Å². The number of hydrogen-bond donors (Lipinski definition) is 1. The number of rotatable bonds is 7. The Kier molecular flexibility index (Phi) is 6.73. The van der Waals surface area contributed by atoms with E-state index in [1.165, 1.54) is 27.8 Å². The predicted molar refractivity (Wildman–Crippen MR) is 120 cm³/mol. The molecule has 1 aliphatic heterocycles. The molecule has 2 aromatic rings. The first-order chi connectivity index (χ1) is 14.5. The number of sulfonamides is 2. The van der Waals surface area contributed by atoms with Crippen molar-refractivity contribution in [3.63, 3.8) is 0 Å². The quantitative estimate of drug-likeness (QED) is 0.675. The van der Waals surface area contributed by atoms with Crippen LogP contribution < -0.4 is 9.62 Å². The Morgan fingerprint density at radius 2 is 1.84 bits per heavy atom. The average Bonchev–Trinajstić information content (AvgIpc) is 3.10. The minimum atomic E-state index is -3.56. The van der Waals surface area contributed by atoms with Gasteiger partial charge in [-0.25, -0.2) is 16.8 Å². The zero-order chi connectivity index (χ0) is 22.8. The monoisotopic (exact) mass is 465 g/mol. The van der Waals surface area contributed by atoms with E-state index in [9.17, 15) is 21.6 Å². The molecule has 1 heterocycles. The molecule has 1 N–H and O–H groups in total.